The molecule has 12 heavy (non-hydrogen) atoms. The fraction of sp³-hybridized carbons (Fsp3) is 0. The molecule has 0 atom stereocenters. The first kappa shape index (κ1) is 7.03. The van der Waals surface area contributed by atoms with Crippen LogP contribution in [0.25, 0.3) is 11.1 Å². The number of aromatic nitrogens is 1. The number of para-hydroxylation sites is 2. The Morgan fingerprint density at radius 2 is 2.17 bits per heavy atom. The van der Waals surface area contributed by atoms with Crippen molar-refractivity contribution in [1.82, 2.24) is 4.98 Å². The number of hydrogen-bond acceptors (Lipinski definition) is 3. The first-order chi connectivity index (χ1) is 5.77. The standard InChI is InChI=1S/C9H6NO2/c1-6(11)9-10-7-4-2-3-5-8(7)12-9/h2-5H,1H2. The summed E-state index contributed by atoms with van der Waals surface area (Å²) in [4.78, 5) is 14.7. The van der Waals surface area contributed by atoms with Crippen molar-refractivity contribution in [3.05, 3.63) is 37.1 Å². The maximum atomic E-state index is 10.7. The van der Waals surface area contributed by atoms with Gasteiger partial charge in [-0.3, -0.25) is 4.79 Å². The van der Waals surface area contributed by atoms with Crippen LogP contribution in [0, 0.1) is 6.92 Å². The summed E-state index contributed by atoms with van der Waals surface area (Å²) in [7, 11) is 0. The third kappa shape index (κ3) is 0.993. The van der Waals surface area contributed by atoms with Crippen molar-refractivity contribution in [2.75, 3.05) is 0 Å². The third-order valence-electron chi connectivity index (χ3n) is 1.53. The molecule has 3 nitrogen and oxygen atoms in total. The van der Waals surface area contributed by atoms with E-state index < -0.39 is 5.78 Å². The van der Waals surface area contributed by atoms with E-state index in [9.17, 15) is 4.79 Å². The van der Waals surface area contributed by atoms with Gasteiger partial charge in [0.05, 0.1) is 0 Å². The van der Waals surface area contributed by atoms with Crippen molar-refractivity contribution in [3.8, 4) is 0 Å². The predicted molar refractivity (Wildman–Crippen MR) is 43.7 cm³/mol. The molecule has 59 valence electrons. The van der Waals surface area contributed by atoms with Gasteiger partial charge in [0.15, 0.2) is 5.58 Å². The quantitative estimate of drug-likeness (QED) is 0.598. The molecule has 0 aliphatic rings. The second-order valence-corrected chi connectivity index (χ2v) is 2.41. The van der Waals surface area contributed by atoms with Gasteiger partial charge in [0.25, 0.3) is 5.89 Å². The number of nitrogens with zero attached hydrogens (tertiary/aromatic N) is 1. The molecule has 0 spiro atoms. The molecule has 0 saturated carbocycles. The van der Waals surface area contributed by atoms with Crippen LogP contribution in [0.4, 0.5) is 0 Å². The molecule has 0 aliphatic carbocycles. The number of rotatable bonds is 1. The van der Waals surface area contributed by atoms with Crippen LogP contribution in [0.1, 0.15) is 10.7 Å². The van der Waals surface area contributed by atoms with Crippen LogP contribution in [-0.4, -0.2) is 10.8 Å². The van der Waals surface area contributed by atoms with Crippen LogP contribution in [0.3, 0.4) is 0 Å². The van der Waals surface area contributed by atoms with Crippen molar-refractivity contribution in [1.29, 1.82) is 0 Å². The third-order valence-corrected chi connectivity index (χ3v) is 1.53. The zero-order chi connectivity index (χ0) is 8.55. The van der Waals surface area contributed by atoms with Gasteiger partial charge in [-0.1, -0.05) is 12.1 Å². The minimum atomic E-state index is -0.397. The lowest BCUT2D eigenvalue weighted by molar-refractivity contribution is 0.101. The van der Waals surface area contributed by atoms with E-state index in [4.69, 9.17) is 4.42 Å². The highest BCUT2D eigenvalue weighted by Gasteiger charge is 2.07. The van der Waals surface area contributed by atoms with Crippen LogP contribution in [-0.2, 0) is 0 Å². The smallest absolute Gasteiger partial charge is 0.264 e. The molecule has 0 bridgehead atoms. The average Bonchev–Trinajstić information content (AvgIpc) is 2.46. The van der Waals surface area contributed by atoms with E-state index in [1.165, 1.54) is 0 Å². The molecule has 0 N–H and O–H groups in total. The molecular formula is C9H6NO2. The highest BCUT2D eigenvalue weighted by Crippen LogP contribution is 2.14. The fourth-order valence-electron chi connectivity index (χ4n) is 0.991. The van der Waals surface area contributed by atoms with Gasteiger partial charge in [-0.2, -0.15) is 0 Å². The van der Waals surface area contributed by atoms with E-state index in [0.717, 1.165) is 0 Å². The lowest BCUT2D eigenvalue weighted by Crippen LogP contribution is -1.90. The average molecular weight is 160 g/mol. The summed E-state index contributed by atoms with van der Waals surface area (Å²) in [6, 6.07) is 7.20. The lowest BCUT2D eigenvalue weighted by atomic mass is 10.3. The number of carbonyl (C=O) groups is 1. The van der Waals surface area contributed by atoms with Crippen LogP contribution >= 0.6 is 0 Å². The maximum Gasteiger partial charge on any atom is 0.264 e. The van der Waals surface area contributed by atoms with Gasteiger partial charge < -0.3 is 4.42 Å². The second-order valence-electron chi connectivity index (χ2n) is 2.41. The largest absolute Gasteiger partial charge is 0.434 e. The minimum Gasteiger partial charge on any atom is -0.434 e. The Morgan fingerprint density at radius 3 is 2.83 bits per heavy atom. The summed E-state index contributed by atoms with van der Waals surface area (Å²) in [5.41, 5.74) is 1.30. The Balaban J connectivity index is 2.70. The van der Waals surface area contributed by atoms with E-state index in [2.05, 4.69) is 11.9 Å². The molecule has 1 radical (unpaired) electrons. The number of benzene rings is 1. The van der Waals surface area contributed by atoms with E-state index in [1.807, 2.05) is 12.1 Å². The highest BCUT2D eigenvalue weighted by molar-refractivity contribution is 5.97. The van der Waals surface area contributed by atoms with Crippen molar-refractivity contribution in [2.45, 2.75) is 0 Å². The van der Waals surface area contributed by atoms with Gasteiger partial charge in [0.1, 0.15) is 5.52 Å². The molecule has 2 rings (SSSR count). The van der Waals surface area contributed by atoms with Crippen molar-refractivity contribution in [3.63, 3.8) is 0 Å². The molecule has 0 aliphatic heterocycles. The highest BCUT2D eigenvalue weighted by atomic mass is 16.4. The summed E-state index contributed by atoms with van der Waals surface area (Å²) >= 11 is 0. The summed E-state index contributed by atoms with van der Waals surface area (Å²) in [5.74, 6) is -0.331. The molecule has 0 unspecified atom stereocenters. The lowest BCUT2D eigenvalue weighted by Gasteiger charge is -1.80. The Morgan fingerprint density at radius 1 is 1.42 bits per heavy atom. The second kappa shape index (κ2) is 2.44. The van der Waals surface area contributed by atoms with E-state index >= 15 is 0 Å². The topological polar surface area (TPSA) is 43.1 Å². The Kier molecular flexibility index (Phi) is 1.43. The van der Waals surface area contributed by atoms with E-state index in [1.54, 1.807) is 12.1 Å². The minimum absolute atomic E-state index is 0.0659. The Labute approximate surface area is 69.0 Å². The SMILES string of the molecule is [CH2]C(=O)c1nc2ccccc2o1. The fourth-order valence-corrected chi connectivity index (χ4v) is 0.991. The Hall–Kier alpha value is -1.64. The van der Waals surface area contributed by atoms with Gasteiger partial charge in [-0.05, 0) is 12.1 Å². The summed E-state index contributed by atoms with van der Waals surface area (Å²) in [6.45, 7) is 3.21. The number of fused-ring (bicyclic) bond motifs is 1. The molecule has 1 aromatic heterocycles. The summed E-state index contributed by atoms with van der Waals surface area (Å²) < 4.78 is 5.11. The Bertz CT molecular complexity index is 398. The van der Waals surface area contributed by atoms with E-state index in [-0.39, 0.29) is 5.89 Å². The van der Waals surface area contributed by atoms with Gasteiger partial charge in [0.2, 0.25) is 5.78 Å². The number of carbonyl (C=O) groups excluding carboxylic acids is 1. The molecule has 0 fully saturated rings. The van der Waals surface area contributed by atoms with Crippen LogP contribution in [0.5, 0.6) is 0 Å². The molecule has 1 aromatic carbocycles. The number of ketones is 1. The van der Waals surface area contributed by atoms with Crippen molar-refractivity contribution < 1.29 is 9.21 Å². The zero-order valence-electron chi connectivity index (χ0n) is 6.28. The van der Waals surface area contributed by atoms with Gasteiger partial charge in [0, 0.05) is 6.92 Å². The van der Waals surface area contributed by atoms with E-state index in [0.29, 0.717) is 11.1 Å². The predicted octanol–water partition coefficient (Wildman–Crippen LogP) is 1.84. The maximum absolute atomic E-state index is 10.7. The molecule has 0 saturated heterocycles. The molecule has 3 heteroatoms. The molecule has 0 amide bonds. The summed E-state index contributed by atoms with van der Waals surface area (Å²) in [5, 5.41) is 0. The van der Waals surface area contributed by atoms with Crippen LogP contribution in [0.2, 0.25) is 0 Å². The normalized spacial score (nSPS) is 10.4. The van der Waals surface area contributed by atoms with Gasteiger partial charge >= 0.3 is 0 Å². The monoisotopic (exact) mass is 160 g/mol. The van der Waals surface area contributed by atoms with Crippen molar-refractivity contribution >= 4 is 16.9 Å². The van der Waals surface area contributed by atoms with Crippen LogP contribution < -0.4 is 0 Å². The number of oxazole rings is 1. The van der Waals surface area contributed by atoms with Crippen molar-refractivity contribution in [2.24, 2.45) is 0 Å². The first-order valence-electron chi connectivity index (χ1n) is 3.49. The first-order valence-corrected chi connectivity index (χ1v) is 3.49. The van der Waals surface area contributed by atoms with Gasteiger partial charge in [-0.25, -0.2) is 4.98 Å². The molecular weight excluding hydrogens is 154 g/mol. The number of hydrogen-bond donors (Lipinski definition) is 0. The van der Waals surface area contributed by atoms with Crippen LogP contribution in [0.15, 0.2) is 28.7 Å². The number of Topliss-reactive ketones (excluding diaryl/α,β-unsaturated/α-hetero) is 1. The molecule has 2 aromatic rings. The zero-order valence-corrected chi connectivity index (χ0v) is 6.28. The van der Waals surface area contributed by atoms with Gasteiger partial charge in [-0.15, -0.1) is 0 Å². The summed E-state index contributed by atoms with van der Waals surface area (Å²) in [6.07, 6.45) is 0. The molecule has 1 heterocycles.